The summed E-state index contributed by atoms with van der Waals surface area (Å²) in [5.41, 5.74) is 2.83. The molecule has 210 valence electrons. The molecule has 0 bridgehead atoms. The smallest absolute Gasteiger partial charge is 0.240 e. The first-order chi connectivity index (χ1) is 19.7. The Labute approximate surface area is 241 Å². The van der Waals surface area contributed by atoms with E-state index >= 15 is 0 Å². The van der Waals surface area contributed by atoms with E-state index in [9.17, 15) is 22.1 Å². The van der Waals surface area contributed by atoms with Gasteiger partial charge in [0.2, 0.25) is 19.9 Å². The minimum Gasteiger partial charge on any atom is -0.240 e. The Hall–Kier alpha value is -4.04. The van der Waals surface area contributed by atoms with E-state index in [1.165, 1.54) is 22.5 Å². The van der Waals surface area contributed by atoms with Crippen LogP contribution >= 0.6 is 0 Å². The van der Waals surface area contributed by atoms with Gasteiger partial charge in [-0.15, -0.1) is 0 Å². The fraction of sp³-hybridized carbons (Fsp3) is 0.226. The maximum absolute atomic E-state index is 13.5. The quantitative estimate of drug-likeness (QED) is 0.255. The van der Waals surface area contributed by atoms with Crippen molar-refractivity contribution in [1.82, 2.24) is 14.1 Å². The van der Waals surface area contributed by atoms with Crippen LogP contribution in [-0.2, 0) is 19.9 Å². The molecule has 8 nitrogen and oxygen atoms in total. The van der Waals surface area contributed by atoms with Crippen LogP contribution in [0.5, 0.6) is 0 Å². The van der Waals surface area contributed by atoms with Gasteiger partial charge in [-0.3, -0.25) is 0 Å². The fourth-order valence-corrected chi connectivity index (χ4v) is 7.53. The van der Waals surface area contributed by atoms with E-state index in [4.69, 9.17) is 5.10 Å². The average molecular weight is 587 g/mol. The highest BCUT2D eigenvalue weighted by Gasteiger charge is 2.27. The summed E-state index contributed by atoms with van der Waals surface area (Å²) < 4.78 is 57.0. The van der Waals surface area contributed by atoms with Gasteiger partial charge in [0.05, 0.1) is 15.5 Å². The van der Waals surface area contributed by atoms with Gasteiger partial charge in [-0.05, 0) is 62.2 Å². The minimum absolute atomic E-state index is 0.0124. The zero-order valence-corrected chi connectivity index (χ0v) is 24.3. The number of para-hydroxylation sites is 1. The molecule has 4 aromatic rings. The molecule has 1 fully saturated rings. The monoisotopic (exact) mass is 586 g/mol. The summed E-state index contributed by atoms with van der Waals surface area (Å²) in [6, 6.07) is 23.9. The van der Waals surface area contributed by atoms with Crippen molar-refractivity contribution in [2.24, 2.45) is 0 Å². The van der Waals surface area contributed by atoms with Crippen LogP contribution in [-0.4, -0.2) is 44.0 Å². The Bertz CT molecular complexity index is 1830. The average Bonchev–Trinajstić information content (AvgIpc) is 3.20. The van der Waals surface area contributed by atoms with Crippen LogP contribution in [0.1, 0.15) is 36.8 Å². The standard InChI is InChI=1S/C31H30N4O4S2/c1-24-14-16-28(17-15-24)40(36,37)30(22-32)21-26-23-35(27-11-5-4-6-12-27)33-31(26)25-10-9-13-29(20-25)41(38,39)34-18-7-2-3-8-19-34/h4-6,9-17,20-21,23H,2-3,7-8,18-19H2,1H3. The Balaban J connectivity index is 1.63. The second-order valence-electron chi connectivity index (χ2n) is 10.00. The van der Waals surface area contributed by atoms with Gasteiger partial charge in [0, 0.05) is 30.4 Å². The largest absolute Gasteiger partial charge is 0.243 e. The van der Waals surface area contributed by atoms with Crippen LogP contribution in [0.25, 0.3) is 23.0 Å². The van der Waals surface area contributed by atoms with Crippen molar-refractivity contribution in [2.75, 3.05) is 13.1 Å². The third-order valence-corrected chi connectivity index (χ3v) is 10.7. The van der Waals surface area contributed by atoms with Gasteiger partial charge in [-0.25, -0.2) is 21.5 Å². The van der Waals surface area contributed by atoms with Crippen molar-refractivity contribution in [3.63, 3.8) is 0 Å². The number of sulfonamides is 1. The topological polar surface area (TPSA) is 113 Å². The molecule has 1 aromatic heterocycles. The molecule has 5 rings (SSSR count). The normalized spacial score (nSPS) is 15.3. The number of rotatable bonds is 7. The van der Waals surface area contributed by atoms with Crippen LogP contribution in [0.15, 0.2) is 99.8 Å². The van der Waals surface area contributed by atoms with Gasteiger partial charge in [-0.1, -0.05) is 60.9 Å². The number of hydrogen-bond donors (Lipinski definition) is 0. The Morgan fingerprint density at radius 1 is 0.854 bits per heavy atom. The highest BCUT2D eigenvalue weighted by molar-refractivity contribution is 7.95. The highest BCUT2D eigenvalue weighted by Crippen LogP contribution is 2.31. The number of benzene rings is 3. The molecule has 0 unspecified atom stereocenters. The SMILES string of the molecule is Cc1ccc(S(=O)(=O)C(C#N)=Cc2cn(-c3ccccc3)nc2-c2cccc(S(=O)(=O)N3CCCCCC3)c2)cc1. The van der Waals surface area contributed by atoms with Gasteiger partial charge < -0.3 is 0 Å². The van der Waals surface area contributed by atoms with Crippen molar-refractivity contribution in [3.8, 4) is 23.0 Å². The lowest BCUT2D eigenvalue weighted by molar-refractivity contribution is 0.424. The van der Waals surface area contributed by atoms with Gasteiger partial charge in [-0.2, -0.15) is 14.7 Å². The van der Waals surface area contributed by atoms with Crippen molar-refractivity contribution >= 4 is 25.9 Å². The number of sulfone groups is 1. The third kappa shape index (κ3) is 6.03. The summed E-state index contributed by atoms with van der Waals surface area (Å²) in [7, 11) is -7.84. The van der Waals surface area contributed by atoms with E-state index in [1.54, 1.807) is 47.3 Å². The second-order valence-corrected chi connectivity index (χ2v) is 13.9. The molecule has 3 aromatic carbocycles. The Morgan fingerprint density at radius 3 is 2.20 bits per heavy atom. The summed E-state index contributed by atoms with van der Waals surface area (Å²) in [6.45, 7) is 2.81. The number of aromatic nitrogens is 2. The fourth-order valence-electron chi connectivity index (χ4n) is 4.82. The molecule has 1 aliphatic heterocycles. The molecule has 0 amide bonds. The molecular weight excluding hydrogens is 556 g/mol. The predicted molar refractivity (Wildman–Crippen MR) is 158 cm³/mol. The van der Waals surface area contributed by atoms with E-state index in [-0.39, 0.29) is 9.79 Å². The number of nitrogens with zero attached hydrogens (tertiary/aromatic N) is 4. The first kappa shape index (κ1) is 28.5. The highest BCUT2D eigenvalue weighted by atomic mass is 32.2. The number of allylic oxidation sites excluding steroid dienone is 1. The Kier molecular flexibility index (Phi) is 8.22. The summed E-state index contributed by atoms with van der Waals surface area (Å²) in [6.07, 6.45) is 6.59. The molecule has 41 heavy (non-hydrogen) atoms. The van der Waals surface area contributed by atoms with Crippen molar-refractivity contribution in [1.29, 1.82) is 5.26 Å². The van der Waals surface area contributed by atoms with E-state index < -0.39 is 24.8 Å². The third-order valence-electron chi connectivity index (χ3n) is 7.09. The van der Waals surface area contributed by atoms with Crippen molar-refractivity contribution in [2.45, 2.75) is 42.4 Å². The molecule has 0 aliphatic carbocycles. The minimum atomic E-state index is -4.11. The molecular formula is C31H30N4O4S2. The molecule has 1 saturated heterocycles. The van der Waals surface area contributed by atoms with E-state index in [1.807, 2.05) is 43.3 Å². The number of aryl methyl sites for hydroxylation is 1. The van der Waals surface area contributed by atoms with Gasteiger partial charge >= 0.3 is 0 Å². The van der Waals surface area contributed by atoms with Crippen LogP contribution in [0.2, 0.25) is 0 Å². The van der Waals surface area contributed by atoms with Crippen LogP contribution in [0.4, 0.5) is 0 Å². The maximum Gasteiger partial charge on any atom is 0.243 e. The first-order valence-electron chi connectivity index (χ1n) is 13.4. The Morgan fingerprint density at radius 2 is 1.54 bits per heavy atom. The van der Waals surface area contributed by atoms with Gasteiger partial charge in [0.15, 0.2) is 0 Å². The number of hydrogen-bond acceptors (Lipinski definition) is 6. The van der Waals surface area contributed by atoms with Crippen molar-refractivity contribution in [3.05, 3.63) is 101 Å². The van der Waals surface area contributed by atoms with Crippen LogP contribution in [0, 0.1) is 18.3 Å². The van der Waals surface area contributed by atoms with E-state index in [0.717, 1.165) is 36.9 Å². The van der Waals surface area contributed by atoms with Gasteiger partial charge in [0.1, 0.15) is 16.7 Å². The molecule has 1 aliphatic rings. The van der Waals surface area contributed by atoms with Crippen LogP contribution in [0.3, 0.4) is 0 Å². The number of nitriles is 1. The lowest BCUT2D eigenvalue weighted by Crippen LogP contribution is -2.31. The zero-order valence-electron chi connectivity index (χ0n) is 22.6. The lowest BCUT2D eigenvalue weighted by Gasteiger charge is -2.20. The molecule has 2 heterocycles. The summed E-state index contributed by atoms with van der Waals surface area (Å²) >= 11 is 0. The summed E-state index contributed by atoms with van der Waals surface area (Å²) in [5, 5.41) is 14.6. The second kappa shape index (κ2) is 11.8. The molecule has 0 spiro atoms. The van der Waals surface area contributed by atoms with E-state index in [0.29, 0.717) is 29.9 Å². The summed E-state index contributed by atoms with van der Waals surface area (Å²) in [4.78, 5) is -0.282. The molecule has 10 heteroatoms. The van der Waals surface area contributed by atoms with Crippen LogP contribution < -0.4 is 0 Å². The van der Waals surface area contributed by atoms with Crippen molar-refractivity contribution < 1.29 is 16.8 Å². The first-order valence-corrected chi connectivity index (χ1v) is 16.3. The maximum atomic E-state index is 13.5. The zero-order chi connectivity index (χ0) is 29.0. The summed E-state index contributed by atoms with van der Waals surface area (Å²) in [5.74, 6) is 0. The lowest BCUT2D eigenvalue weighted by atomic mass is 10.1. The predicted octanol–water partition coefficient (Wildman–Crippen LogP) is 5.75. The molecule has 0 atom stereocenters. The molecule has 0 radical (unpaired) electrons. The van der Waals surface area contributed by atoms with Gasteiger partial charge in [0.25, 0.3) is 0 Å². The molecule has 0 N–H and O–H groups in total. The van der Waals surface area contributed by atoms with E-state index in [2.05, 4.69) is 0 Å². The molecule has 0 saturated carbocycles.